The molecule has 2 aromatic carbocycles. The SMILES string of the molecule is CNC(=O)[C@H](N[C@@H](CCc1ccc(C(F)(F)F)cc1)c1cccc(Cl)n1)c1ccccc1. The van der Waals surface area contributed by atoms with E-state index in [0.717, 1.165) is 23.3 Å². The van der Waals surface area contributed by atoms with Crippen LogP contribution >= 0.6 is 11.6 Å². The van der Waals surface area contributed by atoms with Crippen LogP contribution in [0.1, 0.15) is 40.9 Å². The maximum absolute atomic E-state index is 12.8. The van der Waals surface area contributed by atoms with E-state index >= 15 is 0 Å². The molecule has 0 aliphatic carbocycles. The van der Waals surface area contributed by atoms with Crippen LogP contribution in [-0.2, 0) is 17.4 Å². The van der Waals surface area contributed by atoms with Crippen LogP contribution in [0.2, 0.25) is 5.15 Å². The second-order valence-electron chi connectivity index (χ2n) is 7.30. The Morgan fingerprint density at radius 1 is 1.00 bits per heavy atom. The zero-order valence-electron chi connectivity index (χ0n) is 17.4. The third-order valence-electron chi connectivity index (χ3n) is 5.11. The van der Waals surface area contributed by atoms with Gasteiger partial charge in [0.25, 0.3) is 0 Å². The highest BCUT2D eigenvalue weighted by molar-refractivity contribution is 6.29. The minimum Gasteiger partial charge on any atom is -0.358 e. The molecule has 32 heavy (non-hydrogen) atoms. The number of carbonyl (C=O) groups is 1. The van der Waals surface area contributed by atoms with Gasteiger partial charge in [0.2, 0.25) is 5.91 Å². The van der Waals surface area contributed by atoms with E-state index in [-0.39, 0.29) is 11.9 Å². The average molecular weight is 462 g/mol. The number of nitrogens with one attached hydrogen (secondary N) is 2. The lowest BCUT2D eigenvalue weighted by Gasteiger charge is -2.25. The van der Waals surface area contributed by atoms with E-state index in [9.17, 15) is 18.0 Å². The number of benzene rings is 2. The number of aryl methyl sites for hydroxylation is 1. The molecule has 8 heteroatoms. The van der Waals surface area contributed by atoms with Crippen molar-refractivity contribution >= 4 is 17.5 Å². The number of halogens is 4. The molecule has 1 amide bonds. The van der Waals surface area contributed by atoms with Gasteiger partial charge < -0.3 is 5.32 Å². The molecular weight excluding hydrogens is 439 g/mol. The molecule has 2 atom stereocenters. The van der Waals surface area contributed by atoms with Crippen LogP contribution in [0.3, 0.4) is 0 Å². The van der Waals surface area contributed by atoms with Gasteiger partial charge in [-0.15, -0.1) is 0 Å². The number of rotatable bonds is 8. The Bertz CT molecular complexity index is 1030. The van der Waals surface area contributed by atoms with Gasteiger partial charge in [-0.2, -0.15) is 13.2 Å². The number of amides is 1. The number of alkyl halides is 3. The Morgan fingerprint density at radius 3 is 2.28 bits per heavy atom. The van der Waals surface area contributed by atoms with Crippen LogP contribution < -0.4 is 10.6 Å². The highest BCUT2D eigenvalue weighted by Gasteiger charge is 2.30. The maximum Gasteiger partial charge on any atom is 0.416 e. The molecule has 2 N–H and O–H groups in total. The Kier molecular flexibility index (Phi) is 7.88. The molecule has 0 aliphatic rings. The zero-order chi connectivity index (χ0) is 23.1. The number of pyridine rings is 1. The summed E-state index contributed by atoms with van der Waals surface area (Å²) in [6.07, 6.45) is -3.39. The number of likely N-dealkylation sites (N-methyl/N-ethyl adjacent to an activating group) is 1. The van der Waals surface area contributed by atoms with Gasteiger partial charge in [-0.1, -0.05) is 60.1 Å². The van der Waals surface area contributed by atoms with Crippen LogP contribution in [-0.4, -0.2) is 17.9 Å². The standard InChI is InChI=1S/C24H23ClF3N3O/c1-29-23(32)22(17-6-3-2-4-7-17)31-20(19-8-5-9-21(25)30-19)15-12-16-10-13-18(14-11-16)24(26,27)28/h2-11,13-14,20,22,31H,12,15H2,1H3,(H,29,32)/t20-,22+/m0/s1. The summed E-state index contributed by atoms with van der Waals surface area (Å²) < 4.78 is 38.5. The smallest absolute Gasteiger partial charge is 0.358 e. The molecule has 1 heterocycles. The second kappa shape index (κ2) is 10.6. The van der Waals surface area contributed by atoms with E-state index < -0.39 is 17.8 Å². The molecule has 3 rings (SSSR count). The van der Waals surface area contributed by atoms with Crippen molar-refractivity contribution in [3.8, 4) is 0 Å². The van der Waals surface area contributed by atoms with Gasteiger partial charge in [-0.3, -0.25) is 10.1 Å². The first-order valence-corrected chi connectivity index (χ1v) is 10.5. The molecule has 0 spiro atoms. The molecule has 0 bridgehead atoms. The maximum atomic E-state index is 12.8. The van der Waals surface area contributed by atoms with E-state index in [4.69, 9.17) is 11.6 Å². The van der Waals surface area contributed by atoms with Crippen LogP contribution in [0.15, 0.2) is 72.8 Å². The summed E-state index contributed by atoms with van der Waals surface area (Å²) in [4.78, 5) is 17.0. The minimum absolute atomic E-state index is 0.210. The third kappa shape index (κ3) is 6.31. The Hall–Kier alpha value is -2.90. The Labute approximate surface area is 189 Å². The van der Waals surface area contributed by atoms with Gasteiger partial charge in [0.1, 0.15) is 11.2 Å². The fourth-order valence-corrected chi connectivity index (χ4v) is 3.59. The van der Waals surface area contributed by atoms with Crippen molar-refractivity contribution in [2.24, 2.45) is 0 Å². The van der Waals surface area contributed by atoms with Crippen molar-refractivity contribution < 1.29 is 18.0 Å². The van der Waals surface area contributed by atoms with Crippen molar-refractivity contribution in [1.29, 1.82) is 0 Å². The largest absolute Gasteiger partial charge is 0.416 e. The van der Waals surface area contributed by atoms with Gasteiger partial charge in [-0.25, -0.2) is 4.98 Å². The molecule has 3 aromatic rings. The third-order valence-corrected chi connectivity index (χ3v) is 5.32. The summed E-state index contributed by atoms with van der Waals surface area (Å²) >= 11 is 6.08. The zero-order valence-corrected chi connectivity index (χ0v) is 18.1. The van der Waals surface area contributed by atoms with E-state index in [0.29, 0.717) is 23.7 Å². The fourth-order valence-electron chi connectivity index (χ4n) is 3.42. The van der Waals surface area contributed by atoms with Crippen molar-refractivity contribution in [2.75, 3.05) is 7.05 Å². The van der Waals surface area contributed by atoms with Gasteiger partial charge in [0, 0.05) is 7.05 Å². The quantitative estimate of drug-likeness (QED) is 0.435. The Balaban J connectivity index is 1.84. The Morgan fingerprint density at radius 2 is 1.69 bits per heavy atom. The van der Waals surface area contributed by atoms with Crippen molar-refractivity contribution in [1.82, 2.24) is 15.6 Å². The van der Waals surface area contributed by atoms with E-state index in [1.807, 2.05) is 36.4 Å². The number of aromatic nitrogens is 1. The summed E-state index contributed by atoms with van der Waals surface area (Å²) in [6, 6.07) is 18.6. The lowest BCUT2D eigenvalue weighted by molar-refractivity contribution is -0.137. The van der Waals surface area contributed by atoms with Crippen LogP contribution in [0, 0.1) is 0 Å². The molecule has 0 radical (unpaired) electrons. The summed E-state index contributed by atoms with van der Waals surface area (Å²) in [5, 5.41) is 6.35. The number of carbonyl (C=O) groups excluding carboxylic acids is 1. The topological polar surface area (TPSA) is 54.0 Å². The molecule has 1 aromatic heterocycles. The molecule has 0 fully saturated rings. The van der Waals surface area contributed by atoms with Gasteiger partial charge in [0.05, 0.1) is 17.3 Å². The summed E-state index contributed by atoms with van der Waals surface area (Å²) in [7, 11) is 1.56. The normalized spacial score (nSPS) is 13.4. The predicted octanol–water partition coefficient (Wildman–Crippen LogP) is 5.50. The number of nitrogens with zero attached hydrogens (tertiary/aromatic N) is 1. The van der Waals surface area contributed by atoms with Gasteiger partial charge in [-0.05, 0) is 48.2 Å². The molecule has 0 saturated heterocycles. The first-order valence-electron chi connectivity index (χ1n) is 10.1. The molecule has 0 unspecified atom stereocenters. The van der Waals surface area contributed by atoms with Crippen molar-refractivity contribution in [3.63, 3.8) is 0 Å². The van der Waals surface area contributed by atoms with E-state index in [2.05, 4.69) is 15.6 Å². The van der Waals surface area contributed by atoms with Crippen LogP contribution in [0.5, 0.6) is 0 Å². The van der Waals surface area contributed by atoms with Crippen molar-refractivity contribution in [2.45, 2.75) is 31.1 Å². The molecule has 4 nitrogen and oxygen atoms in total. The van der Waals surface area contributed by atoms with E-state index in [1.54, 1.807) is 19.2 Å². The fraction of sp³-hybridized carbons (Fsp3) is 0.250. The predicted molar refractivity (Wildman–Crippen MR) is 118 cm³/mol. The van der Waals surface area contributed by atoms with Gasteiger partial charge in [0.15, 0.2) is 0 Å². The minimum atomic E-state index is -4.37. The van der Waals surface area contributed by atoms with Crippen LogP contribution in [0.25, 0.3) is 0 Å². The molecule has 168 valence electrons. The highest BCUT2D eigenvalue weighted by Crippen LogP contribution is 2.30. The summed E-state index contributed by atoms with van der Waals surface area (Å²) in [6.45, 7) is 0. The van der Waals surface area contributed by atoms with Crippen molar-refractivity contribution in [3.05, 3.63) is 100 Å². The lowest BCUT2D eigenvalue weighted by Crippen LogP contribution is -2.38. The highest BCUT2D eigenvalue weighted by atomic mass is 35.5. The first kappa shape index (κ1) is 23.8. The average Bonchev–Trinajstić information content (AvgIpc) is 2.79. The monoisotopic (exact) mass is 461 g/mol. The number of hydrogen-bond donors (Lipinski definition) is 2. The molecular formula is C24H23ClF3N3O. The molecule has 0 aliphatic heterocycles. The lowest BCUT2D eigenvalue weighted by atomic mass is 9.98. The second-order valence-corrected chi connectivity index (χ2v) is 7.68. The van der Waals surface area contributed by atoms with E-state index in [1.165, 1.54) is 12.1 Å². The van der Waals surface area contributed by atoms with Gasteiger partial charge >= 0.3 is 6.18 Å². The number of hydrogen-bond acceptors (Lipinski definition) is 3. The first-order chi connectivity index (χ1) is 15.3. The summed E-state index contributed by atoms with van der Waals surface area (Å²) in [5.41, 5.74) is 1.50. The summed E-state index contributed by atoms with van der Waals surface area (Å²) in [5.74, 6) is -0.210. The molecule has 0 saturated carbocycles. The van der Waals surface area contributed by atoms with Crippen LogP contribution in [0.4, 0.5) is 13.2 Å².